The Hall–Kier alpha value is -1.10. The van der Waals surface area contributed by atoms with Crippen LogP contribution in [0.25, 0.3) is 0 Å². The zero-order valence-electron chi connectivity index (χ0n) is 9.27. The van der Waals surface area contributed by atoms with Crippen molar-refractivity contribution in [1.82, 2.24) is 4.98 Å². The summed E-state index contributed by atoms with van der Waals surface area (Å²) in [6.07, 6.45) is 2.71. The summed E-state index contributed by atoms with van der Waals surface area (Å²) in [5, 5.41) is 14.5. The van der Waals surface area contributed by atoms with Gasteiger partial charge in [-0.3, -0.25) is 4.79 Å². The number of nitrogens with zero attached hydrogens (tertiary/aromatic N) is 1. The van der Waals surface area contributed by atoms with Crippen LogP contribution in [0.3, 0.4) is 0 Å². The van der Waals surface area contributed by atoms with Gasteiger partial charge in [-0.15, -0.1) is 11.3 Å². The molecule has 0 aromatic carbocycles. The number of aromatic nitrogens is 1. The van der Waals surface area contributed by atoms with Gasteiger partial charge in [-0.2, -0.15) is 0 Å². The molecule has 0 radical (unpaired) electrons. The van der Waals surface area contributed by atoms with Gasteiger partial charge >= 0.3 is 5.97 Å². The third-order valence-electron chi connectivity index (χ3n) is 2.89. The van der Waals surface area contributed by atoms with Crippen LogP contribution in [0.4, 0.5) is 5.13 Å². The third-order valence-corrected chi connectivity index (χ3v) is 3.73. The Labute approximate surface area is 98.7 Å². The molecule has 0 saturated heterocycles. The van der Waals surface area contributed by atoms with E-state index in [1.807, 2.05) is 0 Å². The smallest absolute Gasteiger partial charge is 0.309 e. The minimum Gasteiger partial charge on any atom is -0.481 e. The first-order valence-electron chi connectivity index (χ1n) is 5.55. The van der Waals surface area contributed by atoms with Gasteiger partial charge in [0.1, 0.15) is 0 Å². The summed E-state index contributed by atoms with van der Waals surface area (Å²) in [6, 6.07) is 0. The van der Waals surface area contributed by atoms with Crippen molar-refractivity contribution in [2.24, 2.45) is 11.8 Å². The van der Waals surface area contributed by atoms with Gasteiger partial charge < -0.3 is 10.4 Å². The van der Waals surface area contributed by atoms with Crippen LogP contribution in [0.15, 0.2) is 5.38 Å². The molecule has 5 heteroatoms. The maximum Gasteiger partial charge on any atom is 0.309 e. The Morgan fingerprint density at radius 3 is 3.12 bits per heavy atom. The first kappa shape index (κ1) is 11.4. The van der Waals surface area contributed by atoms with E-state index in [2.05, 4.69) is 17.2 Å². The Morgan fingerprint density at radius 1 is 1.75 bits per heavy atom. The molecule has 1 atom stereocenters. The Balaban J connectivity index is 1.80. The van der Waals surface area contributed by atoms with Crippen molar-refractivity contribution >= 4 is 22.4 Å². The number of carbonyl (C=O) groups is 1. The lowest BCUT2D eigenvalue weighted by Crippen LogP contribution is -2.12. The topological polar surface area (TPSA) is 62.2 Å². The molecule has 1 aliphatic carbocycles. The minimum atomic E-state index is -0.830. The molecule has 0 aliphatic heterocycles. The summed E-state index contributed by atoms with van der Waals surface area (Å²) in [7, 11) is 0. The van der Waals surface area contributed by atoms with Gasteiger partial charge in [0.25, 0.3) is 0 Å². The quantitative estimate of drug-likeness (QED) is 0.800. The van der Waals surface area contributed by atoms with Crippen LogP contribution >= 0.6 is 11.3 Å². The predicted octanol–water partition coefficient (Wildman–Crippen LogP) is 2.23. The first-order chi connectivity index (χ1) is 7.65. The average Bonchev–Trinajstić information content (AvgIpc) is 2.97. The van der Waals surface area contributed by atoms with Crippen LogP contribution in [0, 0.1) is 11.8 Å². The molecule has 16 heavy (non-hydrogen) atoms. The highest BCUT2D eigenvalue weighted by Gasteiger charge is 2.27. The second-order valence-electron chi connectivity index (χ2n) is 4.41. The van der Waals surface area contributed by atoms with E-state index < -0.39 is 5.97 Å². The molecule has 2 N–H and O–H groups in total. The molecule has 0 amide bonds. The van der Waals surface area contributed by atoms with Gasteiger partial charge in [0, 0.05) is 11.9 Å². The van der Waals surface area contributed by atoms with E-state index in [-0.39, 0.29) is 6.42 Å². The summed E-state index contributed by atoms with van der Waals surface area (Å²) >= 11 is 1.48. The molecule has 0 spiro atoms. The van der Waals surface area contributed by atoms with Gasteiger partial charge in [-0.1, -0.05) is 6.92 Å². The fraction of sp³-hybridized carbons (Fsp3) is 0.636. The monoisotopic (exact) mass is 240 g/mol. The molecule has 4 nitrogen and oxygen atoms in total. The summed E-state index contributed by atoms with van der Waals surface area (Å²) in [5.74, 6) is 0.737. The molecule has 1 aliphatic rings. The molecule has 1 heterocycles. The summed E-state index contributed by atoms with van der Waals surface area (Å²) in [5.41, 5.74) is 0.638. The number of carboxylic acid groups (broad SMARTS) is 1. The highest BCUT2D eigenvalue weighted by molar-refractivity contribution is 7.13. The molecule has 1 aromatic rings. The standard InChI is InChI=1S/C11H16N2O2S/c1-7(8-2-3-8)5-12-11-13-9(6-16-11)4-10(14)15/h6-8H,2-5H2,1H3,(H,12,13)(H,14,15). The third kappa shape index (κ3) is 3.20. The van der Waals surface area contributed by atoms with E-state index >= 15 is 0 Å². The van der Waals surface area contributed by atoms with Crippen molar-refractivity contribution in [3.05, 3.63) is 11.1 Å². The molecular formula is C11H16N2O2S. The number of aliphatic carboxylic acids is 1. The van der Waals surface area contributed by atoms with Crippen molar-refractivity contribution in [3.63, 3.8) is 0 Å². The minimum absolute atomic E-state index is 0.0103. The fourth-order valence-corrected chi connectivity index (χ4v) is 2.42. The number of thiazole rings is 1. The van der Waals surface area contributed by atoms with Crippen molar-refractivity contribution in [2.75, 3.05) is 11.9 Å². The molecule has 1 unspecified atom stereocenters. The number of anilines is 1. The lowest BCUT2D eigenvalue weighted by atomic mass is 10.1. The molecule has 1 fully saturated rings. The van der Waals surface area contributed by atoms with Gasteiger partial charge in [-0.25, -0.2) is 4.98 Å². The van der Waals surface area contributed by atoms with Gasteiger partial charge in [0.05, 0.1) is 12.1 Å². The zero-order valence-corrected chi connectivity index (χ0v) is 10.1. The van der Waals surface area contributed by atoms with E-state index in [4.69, 9.17) is 5.11 Å². The highest BCUT2D eigenvalue weighted by Crippen LogP contribution is 2.36. The second-order valence-corrected chi connectivity index (χ2v) is 5.27. The number of rotatable bonds is 6. The lowest BCUT2D eigenvalue weighted by Gasteiger charge is -2.09. The molecule has 88 valence electrons. The molecule has 2 rings (SSSR count). The Bertz CT molecular complexity index is 374. The largest absolute Gasteiger partial charge is 0.481 e. The molecule has 1 aromatic heterocycles. The molecule has 0 bridgehead atoms. The van der Waals surface area contributed by atoms with Crippen LogP contribution in [0.2, 0.25) is 0 Å². The number of hydrogen-bond donors (Lipinski definition) is 2. The predicted molar refractivity (Wildman–Crippen MR) is 63.8 cm³/mol. The van der Waals surface area contributed by atoms with Crippen molar-refractivity contribution in [3.8, 4) is 0 Å². The van der Waals surface area contributed by atoms with E-state index in [1.165, 1.54) is 24.2 Å². The SMILES string of the molecule is CC(CNc1nc(CC(=O)O)cs1)C1CC1. The van der Waals surface area contributed by atoms with Crippen LogP contribution in [0.1, 0.15) is 25.5 Å². The van der Waals surface area contributed by atoms with Crippen LogP contribution < -0.4 is 5.32 Å². The number of hydrogen-bond acceptors (Lipinski definition) is 4. The fourth-order valence-electron chi connectivity index (χ4n) is 1.70. The van der Waals surface area contributed by atoms with Crippen LogP contribution in [-0.4, -0.2) is 22.6 Å². The van der Waals surface area contributed by atoms with E-state index in [0.717, 1.165) is 17.6 Å². The molecule has 1 saturated carbocycles. The Kier molecular flexibility index (Phi) is 3.43. The van der Waals surface area contributed by atoms with Gasteiger partial charge in [-0.05, 0) is 24.7 Å². The maximum absolute atomic E-state index is 10.5. The molecular weight excluding hydrogens is 224 g/mol. The van der Waals surface area contributed by atoms with Crippen molar-refractivity contribution < 1.29 is 9.90 Å². The van der Waals surface area contributed by atoms with E-state index in [9.17, 15) is 4.79 Å². The second kappa shape index (κ2) is 4.82. The average molecular weight is 240 g/mol. The summed E-state index contributed by atoms with van der Waals surface area (Å²) in [4.78, 5) is 14.7. The Morgan fingerprint density at radius 2 is 2.50 bits per heavy atom. The van der Waals surface area contributed by atoms with Gasteiger partial charge in [0.2, 0.25) is 0 Å². The summed E-state index contributed by atoms with van der Waals surface area (Å²) < 4.78 is 0. The van der Waals surface area contributed by atoms with Crippen LogP contribution in [0.5, 0.6) is 0 Å². The van der Waals surface area contributed by atoms with Crippen LogP contribution in [-0.2, 0) is 11.2 Å². The number of nitrogens with one attached hydrogen (secondary N) is 1. The summed E-state index contributed by atoms with van der Waals surface area (Å²) in [6.45, 7) is 3.18. The highest BCUT2D eigenvalue weighted by atomic mass is 32.1. The number of carboxylic acids is 1. The van der Waals surface area contributed by atoms with E-state index in [1.54, 1.807) is 5.38 Å². The first-order valence-corrected chi connectivity index (χ1v) is 6.43. The zero-order chi connectivity index (χ0) is 11.5. The normalized spacial score (nSPS) is 17.1. The van der Waals surface area contributed by atoms with Gasteiger partial charge in [0.15, 0.2) is 5.13 Å². The van der Waals surface area contributed by atoms with E-state index in [0.29, 0.717) is 11.6 Å². The maximum atomic E-state index is 10.5. The van der Waals surface area contributed by atoms with Crippen molar-refractivity contribution in [2.45, 2.75) is 26.2 Å². The lowest BCUT2D eigenvalue weighted by molar-refractivity contribution is -0.136. The van der Waals surface area contributed by atoms with Crippen molar-refractivity contribution in [1.29, 1.82) is 0 Å².